The van der Waals surface area contributed by atoms with E-state index in [0.29, 0.717) is 6.04 Å². The van der Waals surface area contributed by atoms with E-state index in [0.717, 1.165) is 6.54 Å². The Labute approximate surface area is 93.2 Å². The first-order valence-corrected chi connectivity index (χ1v) is 5.71. The lowest BCUT2D eigenvalue weighted by Crippen LogP contribution is -2.25. The van der Waals surface area contributed by atoms with Gasteiger partial charge < -0.3 is 5.32 Å². The molecule has 0 heterocycles. The molecule has 0 amide bonds. The number of hydrogen-bond acceptors (Lipinski definition) is 1. The van der Waals surface area contributed by atoms with E-state index in [9.17, 15) is 0 Å². The standard InChI is InChI=1S/C14H21N/c1-4-8-12(3)15-11-14-10-7-6-9-13(14)5-2/h5-7,9-10,12,15H,2,4,8,11H2,1,3H3. The predicted molar refractivity (Wildman–Crippen MR) is 67.7 cm³/mol. The molecule has 1 aromatic rings. The summed E-state index contributed by atoms with van der Waals surface area (Å²) in [7, 11) is 0. The van der Waals surface area contributed by atoms with Crippen molar-refractivity contribution in [3.05, 3.63) is 42.0 Å². The summed E-state index contributed by atoms with van der Waals surface area (Å²) in [5.74, 6) is 0. The molecule has 1 rings (SSSR count). The van der Waals surface area contributed by atoms with Crippen LogP contribution in [0.4, 0.5) is 0 Å². The van der Waals surface area contributed by atoms with Gasteiger partial charge in [-0.05, 0) is 24.5 Å². The minimum absolute atomic E-state index is 0.591. The van der Waals surface area contributed by atoms with Gasteiger partial charge in [-0.15, -0.1) is 0 Å². The van der Waals surface area contributed by atoms with Crippen molar-refractivity contribution >= 4 is 6.08 Å². The van der Waals surface area contributed by atoms with Crippen LogP contribution in [0.2, 0.25) is 0 Å². The Morgan fingerprint density at radius 1 is 1.40 bits per heavy atom. The Bertz CT molecular complexity index is 304. The van der Waals surface area contributed by atoms with Crippen molar-refractivity contribution < 1.29 is 0 Å². The Balaban J connectivity index is 2.53. The summed E-state index contributed by atoms with van der Waals surface area (Å²) < 4.78 is 0. The molecule has 0 aromatic heterocycles. The first-order valence-electron chi connectivity index (χ1n) is 5.71. The van der Waals surface area contributed by atoms with E-state index in [4.69, 9.17) is 0 Å². The third-order valence-corrected chi connectivity index (χ3v) is 2.64. The quantitative estimate of drug-likeness (QED) is 0.744. The molecule has 1 nitrogen and oxygen atoms in total. The molecule has 0 saturated carbocycles. The fourth-order valence-corrected chi connectivity index (χ4v) is 1.71. The molecular weight excluding hydrogens is 182 g/mol. The van der Waals surface area contributed by atoms with E-state index in [1.807, 2.05) is 6.08 Å². The molecular formula is C14H21N. The van der Waals surface area contributed by atoms with Crippen LogP contribution < -0.4 is 5.32 Å². The maximum absolute atomic E-state index is 3.83. The van der Waals surface area contributed by atoms with Gasteiger partial charge >= 0.3 is 0 Å². The second-order valence-electron chi connectivity index (χ2n) is 3.97. The zero-order chi connectivity index (χ0) is 11.1. The summed E-state index contributed by atoms with van der Waals surface area (Å²) in [6, 6.07) is 8.98. The Kier molecular flexibility index (Phi) is 5.13. The SMILES string of the molecule is C=Cc1ccccc1CNC(C)CCC. The van der Waals surface area contributed by atoms with Gasteiger partial charge in [0.25, 0.3) is 0 Å². The molecule has 0 aliphatic carbocycles. The largest absolute Gasteiger partial charge is 0.310 e. The first kappa shape index (κ1) is 12.0. The van der Waals surface area contributed by atoms with Crippen molar-refractivity contribution in [2.45, 2.75) is 39.3 Å². The highest BCUT2D eigenvalue weighted by Gasteiger charge is 2.01. The molecule has 1 aromatic carbocycles. The second kappa shape index (κ2) is 6.41. The van der Waals surface area contributed by atoms with Gasteiger partial charge in [-0.25, -0.2) is 0 Å². The van der Waals surface area contributed by atoms with Gasteiger partial charge in [0.15, 0.2) is 0 Å². The van der Waals surface area contributed by atoms with Crippen molar-refractivity contribution in [3.8, 4) is 0 Å². The number of nitrogens with one attached hydrogen (secondary N) is 1. The lowest BCUT2D eigenvalue weighted by molar-refractivity contribution is 0.508. The van der Waals surface area contributed by atoms with Crippen LogP contribution in [0.25, 0.3) is 6.08 Å². The third-order valence-electron chi connectivity index (χ3n) is 2.64. The van der Waals surface area contributed by atoms with E-state index >= 15 is 0 Å². The van der Waals surface area contributed by atoms with Crippen LogP contribution in [0.5, 0.6) is 0 Å². The Morgan fingerprint density at radius 2 is 2.13 bits per heavy atom. The van der Waals surface area contributed by atoms with Crippen LogP contribution in [0, 0.1) is 0 Å². The van der Waals surface area contributed by atoms with Crippen LogP contribution in [0.15, 0.2) is 30.8 Å². The van der Waals surface area contributed by atoms with Crippen molar-refractivity contribution in [1.29, 1.82) is 0 Å². The summed E-state index contributed by atoms with van der Waals surface area (Å²) in [5.41, 5.74) is 2.56. The smallest absolute Gasteiger partial charge is 0.0213 e. The highest BCUT2D eigenvalue weighted by Crippen LogP contribution is 2.10. The summed E-state index contributed by atoms with van der Waals surface area (Å²) in [4.78, 5) is 0. The number of benzene rings is 1. The molecule has 0 saturated heterocycles. The van der Waals surface area contributed by atoms with Gasteiger partial charge in [0.2, 0.25) is 0 Å². The zero-order valence-corrected chi connectivity index (χ0v) is 9.79. The van der Waals surface area contributed by atoms with Crippen LogP contribution >= 0.6 is 0 Å². The molecule has 1 atom stereocenters. The maximum atomic E-state index is 3.83. The van der Waals surface area contributed by atoms with E-state index in [-0.39, 0.29) is 0 Å². The molecule has 1 N–H and O–H groups in total. The van der Waals surface area contributed by atoms with Crippen LogP contribution in [0.3, 0.4) is 0 Å². The minimum Gasteiger partial charge on any atom is -0.310 e. The summed E-state index contributed by atoms with van der Waals surface area (Å²) in [6.07, 6.45) is 4.38. The number of rotatable bonds is 6. The number of hydrogen-bond donors (Lipinski definition) is 1. The molecule has 15 heavy (non-hydrogen) atoms. The lowest BCUT2D eigenvalue weighted by Gasteiger charge is -2.13. The fraction of sp³-hybridized carbons (Fsp3) is 0.429. The highest BCUT2D eigenvalue weighted by atomic mass is 14.9. The first-order chi connectivity index (χ1) is 7.27. The van der Waals surface area contributed by atoms with E-state index < -0.39 is 0 Å². The van der Waals surface area contributed by atoms with E-state index in [1.54, 1.807) is 0 Å². The Hall–Kier alpha value is -1.08. The molecule has 0 fully saturated rings. The van der Waals surface area contributed by atoms with Crippen LogP contribution in [-0.4, -0.2) is 6.04 Å². The highest BCUT2D eigenvalue weighted by molar-refractivity contribution is 5.51. The van der Waals surface area contributed by atoms with E-state index in [2.05, 4.69) is 50.0 Å². The summed E-state index contributed by atoms with van der Waals surface area (Å²) >= 11 is 0. The van der Waals surface area contributed by atoms with Crippen LogP contribution in [0.1, 0.15) is 37.8 Å². The second-order valence-corrected chi connectivity index (χ2v) is 3.97. The molecule has 0 aliphatic rings. The van der Waals surface area contributed by atoms with Gasteiger partial charge in [-0.1, -0.05) is 50.3 Å². The average Bonchev–Trinajstić information content (AvgIpc) is 2.27. The molecule has 0 spiro atoms. The van der Waals surface area contributed by atoms with Crippen molar-refractivity contribution in [3.63, 3.8) is 0 Å². The summed E-state index contributed by atoms with van der Waals surface area (Å²) in [6.45, 7) is 9.22. The lowest BCUT2D eigenvalue weighted by atomic mass is 10.1. The average molecular weight is 203 g/mol. The molecule has 1 unspecified atom stereocenters. The van der Waals surface area contributed by atoms with Crippen molar-refractivity contribution in [1.82, 2.24) is 5.32 Å². The molecule has 0 bridgehead atoms. The molecule has 82 valence electrons. The van der Waals surface area contributed by atoms with Gasteiger partial charge in [-0.2, -0.15) is 0 Å². The van der Waals surface area contributed by atoms with Crippen molar-refractivity contribution in [2.24, 2.45) is 0 Å². The minimum atomic E-state index is 0.591. The molecule has 0 aliphatic heterocycles. The normalized spacial score (nSPS) is 12.4. The van der Waals surface area contributed by atoms with Crippen molar-refractivity contribution in [2.75, 3.05) is 0 Å². The van der Waals surface area contributed by atoms with Gasteiger partial charge in [0, 0.05) is 12.6 Å². The zero-order valence-electron chi connectivity index (χ0n) is 9.79. The van der Waals surface area contributed by atoms with Gasteiger partial charge in [-0.3, -0.25) is 0 Å². The van der Waals surface area contributed by atoms with Gasteiger partial charge in [0.05, 0.1) is 0 Å². The molecule has 0 radical (unpaired) electrons. The van der Waals surface area contributed by atoms with Crippen LogP contribution in [-0.2, 0) is 6.54 Å². The monoisotopic (exact) mass is 203 g/mol. The predicted octanol–water partition coefficient (Wildman–Crippen LogP) is 3.61. The van der Waals surface area contributed by atoms with E-state index in [1.165, 1.54) is 24.0 Å². The Morgan fingerprint density at radius 3 is 2.80 bits per heavy atom. The maximum Gasteiger partial charge on any atom is 0.0213 e. The summed E-state index contributed by atoms with van der Waals surface area (Å²) in [5, 5.41) is 3.53. The molecule has 1 heteroatoms. The third kappa shape index (κ3) is 3.88. The van der Waals surface area contributed by atoms with Gasteiger partial charge in [0.1, 0.15) is 0 Å². The fourth-order valence-electron chi connectivity index (χ4n) is 1.71. The topological polar surface area (TPSA) is 12.0 Å².